The molecule has 1 heterocycles. The first-order chi connectivity index (χ1) is 16.7. The standard InChI is InChI=1S/C28H28N2O5/c1-28(2,3)21-8-6-7-9-23(21)30(27(31)32)18-10-12-19(13-11-18)35-24-14-15-29-22-17-26(34-5)25(33-4)16-20(22)24/h6-17H,1-5H3,(H,31,32). The summed E-state index contributed by atoms with van der Waals surface area (Å²) in [4.78, 5) is 18.0. The van der Waals surface area contributed by atoms with Crippen LogP contribution in [0.15, 0.2) is 72.9 Å². The minimum atomic E-state index is -1.06. The zero-order chi connectivity index (χ0) is 25.2. The number of ether oxygens (including phenoxy) is 3. The van der Waals surface area contributed by atoms with Gasteiger partial charge in [-0.2, -0.15) is 0 Å². The largest absolute Gasteiger partial charge is 0.493 e. The van der Waals surface area contributed by atoms with Crippen LogP contribution in [0.4, 0.5) is 16.2 Å². The number of benzene rings is 3. The number of nitrogens with zero attached hydrogens (tertiary/aromatic N) is 2. The third-order valence-corrected chi connectivity index (χ3v) is 5.67. The van der Waals surface area contributed by atoms with Gasteiger partial charge in [-0.3, -0.25) is 4.98 Å². The predicted molar refractivity (Wildman–Crippen MR) is 137 cm³/mol. The lowest BCUT2D eigenvalue weighted by atomic mass is 9.85. The van der Waals surface area contributed by atoms with Gasteiger partial charge in [0.2, 0.25) is 0 Å². The fraction of sp³-hybridized carbons (Fsp3) is 0.214. The fourth-order valence-corrected chi connectivity index (χ4v) is 3.98. The van der Waals surface area contributed by atoms with Crippen LogP contribution < -0.4 is 19.1 Å². The van der Waals surface area contributed by atoms with Crippen molar-refractivity contribution in [3.63, 3.8) is 0 Å². The highest BCUT2D eigenvalue weighted by atomic mass is 16.5. The van der Waals surface area contributed by atoms with Crippen molar-refractivity contribution >= 4 is 28.4 Å². The van der Waals surface area contributed by atoms with Crippen molar-refractivity contribution in [3.05, 3.63) is 78.5 Å². The van der Waals surface area contributed by atoms with Crippen molar-refractivity contribution < 1.29 is 24.1 Å². The maximum Gasteiger partial charge on any atom is 0.416 e. The van der Waals surface area contributed by atoms with Crippen LogP contribution in [0.3, 0.4) is 0 Å². The number of rotatable bonds is 6. The Kier molecular flexibility index (Phi) is 6.51. The number of hydrogen-bond acceptors (Lipinski definition) is 5. The summed E-state index contributed by atoms with van der Waals surface area (Å²) in [5.41, 5.74) is 2.57. The van der Waals surface area contributed by atoms with Crippen LogP contribution in [-0.4, -0.2) is 30.4 Å². The maximum absolute atomic E-state index is 12.3. The average Bonchev–Trinajstić information content (AvgIpc) is 2.84. The van der Waals surface area contributed by atoms with E-state index < -0.39 is 6.09 Å². The molecule has 0 radical (unpaired) electrons. The van der Waals surface area contributed by atoms with Gasteiger partial charge in [-0.25, -0.2) is 9.69 Å². The highest BCUT2D eigenvalue weighted by Crippen LogP contribution is 2.39. The van der Waals surface area contributed by atoms with E-state index in [1.54, 1.807) is 56.8 Å². The number of carboxylic acid groups (broad SMARTS) is 1. The van der Waals surface area contributed by atoms with E-state index in [4.69, 9.17) is 14.2 Å². The number of aromatic nitrogens is 1. The van der Waals surface area contributed by atoms with E-state index in [0.29, 0.717) is 39.9 Å². The predicted octanol–water partition coefficient (Wildman–Crippen LogP) is 7.16. The van der Waals surface area contributed by atoms with Crippen LogP contribution in [0, 0.1) is 0 Å². The SMILES string of the molecule is COc1cc2nccc(Oc3ccc(N(C(=O)O)c4ccccc4C(C)(C)C)cc3)c2cc1OC. The van der Waals surface area contributed by atoms with Crippen molar-refractivity contribution in [2.24, 2.45) is 0 Å². The van der Waals surface area contributed by atoms with Crippen molar-refractivity contribution in [1.82, 2.24) is 4.98 Å². The molecule has 0 saturated carbocycles. The molecule has 0 spiro atoms. The number of hydrogen-bond donors (Lipinski definition) is 1. The second kappa shape index (κ2) is 9.54. The Hall–Kier alpha value is -4.26. The van der Waals surface area contributed by atoms with Crippen LogP contribution in [0.5, 0.6) is 23.0 Å². The van der Waals surface area contributed by atoms with E-state index in [-0.39, 0.29) is 5.41 Å². The van der Waals surface area contributed by atoms with E-state index in [9.17, 15) is 9.90 Å². The van der Waals surface area contributed by atoms with Gasteiger partial charge in [0.15, 0.2) is 11.5 Å². The quantitative estimate of drug-likeness (QED) is 0.321. The number of para-hydroxylation sites is 1. The lowest BCUT2D eigenvalue weighted by molar-refractivity contribution is 0.204. The lowest BCUT2D eigenvalue weighted by Gasteiger charge is -2.28. The van der Waals surface area contributed by atoms with Gasteiger partial charge in [-0.1, -0.05) is 39.0 Å². The highest BCUT2D eigenvalue weighted by molar-refractivity contribution is 5.96. The molecule has 4 aromatic rings. The Labute approximate surface area is 204 Å². The molecule has 0 unspecified atom stereocenters. The first-order valence-electron chi connectivity index (χ1n) is 11.1. The molecule has 1 amide bonds. The van der Waals surface area contributed by atoms with Gasteiger partial charge in [0.05, 0.1) is 31.1 Å². The van der Waals surface area contributed by atoms with Crippen LogP contribution in [-0.2, 0) is 5.41 Å². The normalized spacial score (nSPS) is 11.2. The zero-order valence-electron chi connectivity index (χ0n) is 20.4. The summed E-state index contributed by atoms with van der Waals surface area (Å²) in [6.45, 7) is 6.19. The minimum Gasteiger partial charge on any atom is -0.493 e. The van der Waals surface area contributed by atoms with Gasteiger partial charge >= 0.3 is 6.09 Å². The molecular weight excluding hydrogens is 444 g/mol. The molecule has 0 atom stereocenters. The van der Waals surface area contributed by atoms with Gasteiger partial charge in [-0.05, 0) is 53.4 Å². The Morgan fingerprint density at radius 2 is 1.54 bits per heavy atom. The van der Waals surface area contributed by atoms with Gasteiger partial charge in [0.1, 0.15) is 11.5 Å². The molecule has 1 N–H and O–H groups in total. The molecule has 7 heteroatoms. The molecular formula is C28H28N2O5. The third-order valence-electron chi connectivity index (χ3n) is 5.67. The first kappa shape index (κ1) is 23.9. The molecule has 0 bridgehead atoms. The van der Waals surface area contributed by atoms with Crippen LogP contribution in [0.25, 0.3) is 10.9 Å². The fourth-order valence-electron chi connectivity index (χ4n) is 3.98. The molecule has 0 aliphatic rings. The molecule has 3 aromatic carbocycles. The first-order valence-corrected chi connectivity index (χ1v) is 11.1. The topological polar surface area (TPSA) is 81.1 Å². The summed E-state index contributed by atoms with van der Waals surface area (Å²) in [6, 6.07) is 19.9. The number of anilines is 2. The summed E-state index contributed by atoms with van der Waals surface area (Å²) in [5, 5.41) is 10.8. The maximum atomic E-state index is 12.3. The number of carbonyl (C=O) groups is 1. The highest BCUT2D eigenvalue weighted by Gasteiger charge is 2.25. The number of amides is 1. The van der Waals surface area contributed by atoms with E-state index in [1.165, 1.54) is 4.90 Å². The van der Waals surface area contributed by atoms with Gasteiger partial charge < -0.3 is 19.3 Å². The number of pyridine rings is 1. The van der Waals surface area contributed by atoms with Gasteiger partial charge in [0, 0.05) is 17.6 Å². The second-order valence-corrected chi connectivity index (χ2v) is 9.01. The molecule has 180 valence electrons. The Bertz CT molecular complexity index is 1360. The van der Waals surface area contributed by atoms with E-state index in [2.05, 4.69) is 25.8 Å². The Morgan fingerprint density at radius 3 is 2.17 bits per heavy atom. The van der Waals surface area contributed by atoms with Gasteiger partial charge in [0.25, 0.3) is 0 Å². The minimum absolute atomic E-state index is 0.223. The zero-order valence-corrected chi connectivity index (χ0v) is 20.4. The van der Waals surface area contributed by atoms with E-state index >= 15 is 0 Å². The lowest BCUT2D eigenvalue weighted by Crippen LogP contribution is -2.27. The smallest absolute Gasteiger partial charge is 0.416 e. The summed E-state index contributed by atoms with van der Waals surface area (Å²) in [6.07, 6.45) is 0.602. The number of methoxy groups -OCH3 is 2. The molecule has 1 aromatic heterocycles. The monoisotopic (exact) mass is 472 g/mol. The molecule has 35 heavy (non-hydrogen) atoms. The molecule has 4 rings (SSSR count). The van der Waals surface area contributed by atoms with Crippen molar-refractivity contribution in [3.8, 4) is 23.0 Å². The van der Waals surface area contributed by atoms with Crippen LogP contribution in [0.2, 0.25) is 0 Å². The molecule has 0 fully saturated rings. The van der Waals surface area contributed by atoms with Gasteiger partial charge in [-0.15, -0.1) is 0 Å². The van der Waals surface area contributed by atoms with E-state index in [1.807, 2.05) is 30.3 Å². The summed E-state index contributed by atoms with van der Waals surface area (Å²) in [5.74, 6) is 2.31. The second-order valence-electron chi connectivity index (χ2n) is 9.01. The summed E-state index contributed by atoms with van der Waals surface area (Å²) < 4.78 is 16.9. The molecule has 0 aliphatic heterocycles. The summed E-state index contributed by atoms with van der Waals surface area (Å²) in [7, 11) is 3.15. The van der Waals surface area contributed by atoms with Crippen LogP contribution in [0.1, 0.15) is 26.3 Å². The summed E-state index contributed by atoms with van der Waals surface area (Å²) >= 11 is 0. The van der Waals surface area contributed by atoms with Crippen molar-refractivity contribution in [1.29, 1.82) is 0 Å². The van der Waals surface area contributed by atoms with Crippen molar-refractivity contribution in [2.45, 2.75) is 26.2 Å². The third kappa shape index (κ3) is 4.84. The van der Waals surface area contributed by atoms with Crippen LogP contribution >= 0.6 is 0 Å². The average molecular weight is 473 g/mol. The van der Waals surface area contributed by atoms with Crippen molar-refractivity contribution in [2.75, 3.05) is 19.1 Å². The number of fused-ring (bicyclic) bond motifs is 1. The molecule has 0 saturated heterocycles. The molecule has 7 nitrogen and oxygen atoms in total. The Morgan fingerprint density at radius 1 is 0.886 bits per heavy atom. The van der Waals surface area contributed by atoms with E-state index in [0.717, 1.165) is 10.9 Å². The molecule has 0 aliphatic carbocycles. The Balaban J connectivity index is 1.68.